The number of anilines is 3. The van der Waals surface area contributed by atoms with Crippen LogP contribution in [0.3, 0.4) is 0 Å². The van der Waals surface area contributed by atoms with E-state index in [4.69, 9.17) is 4.42 Å². The number of furan rings is 1. The van der Waals surface area contributed by atoms with Crippen molar-refractivity contribution in [1.82, 2.24) is 4.57 Å². The highest BCUT2D eigenvalue weighted by Gasteiger charge is 2.22. The summed E-state index contributed by atoms with van der Waals surface area (Å²) in [5, 5.41) is 4.68. The Hall–Kier alpha value is -8.40. The monoisotopic (exact) mass is 804 g/mol. The van der Waals surface area contributed by atoms with Gasteiger partial charge < -0.3 is 13.9 Å². The molecule has 0 aliphatic rings. The summed E-state index contributed by atoms with van der Waals surface area (Å²) in [7, 11) is 0. The smallest absolute Gasteiger partial charge is 0.135 e. The van der Waals surface area contributed by atoms with Crippen molar-refractivity contribution in [2.24, 2.45) is 0 Å². The Morgan fingerprint density at radius 3 is 1.49 bits per heavy atom. The molecule has 0 saturated heterocycles. The molecule has 63 heavy (non-hydrogen) atoms. The number of fused-ring (bicyclic) bond motifs is 6. The maximum absolute atomic E-state index is 6.34. The zero-order chi connectivity index (χ0) is 41.7. The van der Waals surface area contributed by atoms with E-state index in [0.717, 1.165) is 61.4 Å². The number of rotatable bonds is 8. The summed E-state index contributed by atoms with van der Waals surface area (Å²) in [5.74, 6) is 0. The van der Waals surface area contributed by atoms with Crippen molar-refractivity contribution < 1.29 is 4.42 Å². The first-order valence-electron chi connectivity index (χ1n) is 21.5. The summed E-state index contributed by atoms with van der Waals surface area (Å²) < 4.78 is 8.75. The van der Waals surface area contributed by atoms with E-state index in [0.29, 0.717) is 0 Å². The minimum atomic E-state index is 0.869. The molecule has 3 heteroatoms. The second-order valence-electron chi connectivity index (χ2n) is 16.0. The van der Waals surface area contributed by atoms with Gasteiger partial charge in [0.2, 0.25) is 0 Å². The largest absolute Gasteiger partial charge is 0.456 e. The molecule has 0 spiro atoms. The molecule has 3 nitrogen and oxygen atoms in total. The molecular formula is C60H40N2O. The zero-order valence-electron chi connectivity index (χ0n) is 34.4. The van der Waals surface area contributed by atoms with Crippen LogP contribution in [0.1, 0.15) is 0 Å². The predicted octanol–water partition coefficient (Wildman–Crippen LogP) is 16.8. The van der Waals surface area contributed by atoms with Gasteiger partial charge in [-0.2, -0.15) is 0 Å². The normalized spacial score (nSPS) is 11.5. The van der Waals surface area contributed by atoms with Crippen molar-refractivity contribution in [1.29, 1.82) is 0 Å². The zero-order valence-corrected chi connectivity index (χ0v) is 34.4. The molecule has 0 radical (unpaired) electrons. The first kappa shape index (κ1) is 36.5. The van der Waals surface area contributed by atoms with Gasteiger partial charge in [0.1, 0.15) is 11.2 Å². The lowest BCUT2D eigenvalue weighted by molar-refractivity contribution is 0.669. The first-order chi connectivity index (χ1) is 31.3. The molecule has 0 aliphatic heterocycles. The molecule has 10 aromatic carbocycles. The number of hydrogen-bond donors (Lipinski definition) is 0. The Morgan fingerprint density at radius 2 is 0.778 bits per heavy atom. The number of aromatic nitrogens is 1. The highest BCUT2D eigenvalue weighted by molar-refractivity contribution is 6.10. The third-order valence-electron chi connectivity index (χ3n) is 12.4. The van der Waals surface area contributed by atoms with E-state index < -0.39 is 0 Å². The van der Waals surface area contributed by atoms with Crippen LogP contribution in [0.4, 0.5) is 17.1 Å². The fourth-order valence-electron chi connectivity index (χ4n) is 9.60. The Morgan fingerprint density at radius 1 is 0.302 bits per heavy atom. The molecule has 0 atom stereocenters. The van der Waals surface area contributed by atoms with Gasteiger partial charge in [0.25, 0.3) is 0 Å². The lowest BCUT2D eigenvalue weighted by Crippen LogP contribution is -2.11. The van der Waals surface area contributed by atoms with Crippen LogP contribution in [0.5, 0.6) is 0 Å². The Bertz CT molecular complexity index is 3580. The van der Waals surface area contributed by atoms with Gasteiger partial charge in [-0.1, -0.05) is 182 Å². The average molecular weight is 805 g/mol. The van der Waals surface area contributed by atoms with Crippen LogP contribution >= 0.6 is 0 Å². The van der Waals surface area contributed by atoms with Crippen molar-refractivity contribution in [2.75, 3.05) is 4.90 Å². The Balaban J connectivity index is 1.04. The van der Waals surface area contributed by atoms with Gasteiger partial charge >= 0.3 is 0 Å². The maximum atomic E-state index is 6.34. The molecule has 0 N–H and O–H groups in total. The van der Waals surface area contributed by atoms with E-state index in [-0.39, 0.29) is 0 Å². The summed E-state index contributed by atoms with van der Waals surface area (Å²) in [6.07, 6.45) is 0. The Labute approximate surface area is 366 Å². The summed E-state index contributed by atoms with van der Waals surface area (Å²) in [6, 6.07) is 87.2. The number of benzene rings is 10. The summed E-state index contributed by atoms with van der Waals surface area (Å²) in [5.41, 5.74) is 17.8. The minimum Gasteiger partial charge on any atom is -0.456 e. The van der Waals surface area contributed by atoms with Crippen molar-refractivity contribution in [2.45, 2.75) is 0 Å². The fourth-order valence-corrected chi connectivity index (χ4v) is 9.60. The molecule has 0 unspecified atom stereocenters. The highest BCUT2D eigenvalue weighted by atomic mass is 16.3. The third kappa shape index (κ3) is 6.21. The van der Waals surface area contributed by atoms with E-state index in [1.54, 1.807) is 0 Å². The fraction of sp³-hybridized carbons (Fsp3) is 0. The van der Waals surface area contributed by atoms with Crippen LogP contribution in [0.2, 0.25) is 0 Å². The van der Waals surface area contributed by atoms with Crippen LogP contribution in [0, 0.1) is 0 Å². The molecule has 12 aromatic rings. The molecule has 0 aliphatic carbocycles. The highest BCUT2D eigenvalue weighted by Crippen LogP contribution is 2.47. The van der Waals surface area contributed by atoms with Crippen molar-refractivity contribution in [3.8, 4) is 50.2 Å². The third-order valence-corrected chi connectivity index (χ3v) is 12.4. The van der Waals surface area contributed by atoms with E-state index in [1.807, 2.05) is 12.1 Å². The molecule has 0 bridgehead atoms. The SMILES string of the molecule is c1ccc(-c2ccccc2-c2ccccc2-c2ccccc2N(c2ccc(-c3ccccc3-n3c4ccccc4c4ccccc43)cc2)c2ccc3oc4ccccc4c3c2)cc1. The quantitative estimate of drug-likeness (QED) is 0.153. The van der Waals surface area contributed by atoms with Gasteiger partial charge in [-0.25, -0.2) is 0 Å². The van der Waals surface area contributed by atoms with E-state index in [2.05, 4.69) is 240 Å². The van der Waals surface area contributed by atoms with Gasteiger partial charge in [-0.15, -0.1) is 0 Å². The minimum absolute atomic E-state index is 0.869. The number of hydrogen-bond acceptors (Lipinski definition) is 2. The number of nitrogens with zero attached hydrogens (tertiary/aromatic N) is 2. The standard InChI is InChI=1S/C60H40N2O/c1-2-18-41(19-3-1)45-20-4-5-22-47(45)48-23-6-7-24-49(48)50-25-9-14-30-56(50)61(44-38-39-60-54(40-44)53-28-12-17-33-59(53)63-60)43-36-34-42(35-37-43)46-21-8-13-29-55(46)62-57-31-15-10-26-51(57)52-27-11-16-32-58(52)62/h1-40H. The van der Waals surface area contributed by atoms with E-state index >= 15 is 0 Å². The van der Waals surface area contributed by atoms with Crippen LogP contribution in [-0.4, -0.2) is 4.57 Å². The van der Waals surface area contributed by atoms with E-state index in [1.165, 1.54) is 49.6 Å². The second-order valence-corrected chi connectivity index (χ2v) is 16.0. The molecule has 12 rings (SSSR count). The Kier molecular flexibility index (Phi) is 8.83. The van der Waals surface area contributed by atoms with Gasteiger partial charge in [0.05, 0.1) is 22.4 Å². The molecule has 0 fully saturated rings. The average Bonchev–Trinajstić information content (AvgIpc) is 3.90. The van der Waals surface area contributed by atoms with Gasteiger partial charge in [0.15, 0.2) is 0 Å². The van der Waals surface area contributed by atoms with Gasteiger partial charge in [0, 0.05) is 44.0 Å². The van der Waals surface area contributed by atoms with Crippen LogP contribution in [0.25, 0.3) is 93.9 Å². The van der Waals surface area contributed by atoms with Crippen molar-refractivity contribution >= 4 is 60.8 Å². The first-order valence-corrected chi connectivity index (χ1v) is 21.5. The summed E-state index contributed by atoms with van der Waals surface area (Å²) in [6.45, 7) is 0. The second kappa shape index (κ2) is 15.3. The molecule has 2 aromatic heterocycles. The maximum Gasteiger partial charge on any atom is 0.135 e. The van der Waals surface area contributed by atoms with Gasteiger partial charge in [-0.3, -0.25) is 0 Å². The predicted molar refractivity (Wildman–Crippen MR) is 264 cm³/mol. The summed E-state index contributed by atoms with van der Waals surface area (Å²) >= 11 is 0. The van der Waals surface area contributed by atoms with Crippen LogP contribution < -0.4 is 4.90 Å². The van der Waals surface area contributed by atoms with Crippen molar-refractivity contribution in [3.63, 3.8) is 0 Å². The lowest BCUT2D eigenvalue weighted by atomic mass is 9.88. The van der Waals surface area contributed by atoms with Crippen molar-refractivity contribution in [3.05, 3.63) is 243 Å². The number of para-hydroxylation sites is 5. The molecular weight excluding hydrogens is 765 g/mol. The molecule has 296 valence electrons. The molecule has 0 amide bonds. The van der Waals surface area contributed by atoms with Crippen LogP contribution in [-0.2, 0) is 0 Å². The summed E-state index contributed by atoms with van der Waals surface area (Å²) in [4.78, 5) is 2.40. The van der Waals surface area contributed by atoms with Gasteiger partial charge in [-0.05, 0) is 94.0 Å². The molecule has 0 saturated carbocycles. The van der Waals surface area contributed by atoms with Crippen LogP contribution in [0.15, 0.2) is 247 Å². The van der Waals surface area contributed by atoms with E-state index in [9.17, 15) is 0 Å². The topological polar surface area (TPSA) is 21.3 Å². The molecule has 2 heterocycles. The lowest BCUT2D eigenvalue weighted by Gasteiger charge is -2.29.